The highest BCUT2D eigenvalue weighted by Gasteiger charge is 2.27. The molecule has 3 aromatic carbocycles. The molecule has 0 aliphatic rings. The lowest BCUT2D eigenvalue weighted by Gasteiger charge is -2.24. The fourth-order valence-corrected chi connectivity index (χ4v) is 4.80. The number of hydrogen-bond donors (Lipinski definition) is 2. The summed E-state index contributed by atoms with van der Waals surface area (Å²) in [5, 5.41) is 13.4. The number of carbonyl (C=O) groups is 2. The number of nitrogens with zero attached hydrogens (tertiary/aromatic N) is 2. The molecule has 170 valence electrons. The van der Waals surface area contributed by atoms with E-state index in [1.54, 1.807) is 30.3 Å². The number of halogens is 2. The number of hydrazone groups is 1. The topological polar surface area (TPSA) is 116 Å². The predicted octanol–water partition coefficient (Wildman–Crippen LogP) is 4.04. The van der Waals surface area contributed by atoms with Crippen molar-refractivity contribution in [3.63, 3.8) is 0 Å². The van der Waals surface area contributed by atoms with Crippen molar-refractivity contribution in [2.45, 2.75) is 4.90 Å². The van der Waals surface area contributed by atoms with Crippen molar-refractivity contribution >= 4 is 57.0 Å². The van der Waals surface area contributed by atoms with Gasteiger partial charge in [-0.3, -0.25) is 9.10 Å². The SMILES string of the molecule is O=C(CN(c1cc(Cl)cc(Cl)c1)S(=O)(=O)c1ccccc1)N/N=C\c1ccccc1C(=O)O. The Morgan fingerprint density at radius 2 is 1.58 bits per heavy atom. The van der Waals surface area contributed by atoms with Crippen molar-refractivity contribution in [2.24, 2.45) is 5.10 Å². The number of carboxylic acids is 1. The van der Waals surface area contributed by atoms with Crippen LogP contribution in [0, 0.1) is 0 Å². The summed E-state index contributed by atoms with van der Waals surface area (Å²) in [6, 6.07) is 17.8. The van der Waals surface area contributed by atoms with E-state index in [2.05, 4.69) is 10.5 Å². The molecular formula is C22H17Cl2N3O5S. The third kappa shape index (κ3) is 6.10. The number of rotatable bonds is 8. The average molecular weight is 506 g/mol. The highest BCUT2D eigenvalue weighted by atomic mass is 35.5. The monoisotopic (exact) mass is 505 g/mol. The Kier molecular flexibility index (Phi) is 7.70. The van der Waals surface area contributed by atoms with E-state index in [9.17, 15) is 23.1 Å². The van der Waals surface area contributed by atoms with Crippen LogP contribution in [0.5, 0.6) is 0 Å². The summed E-state index contributed by atoms with van der Waals surface area (Å²) in [7, 11) is -4.15. The zero-order valence-corrected chi connectivity index (χ0v) is 19.2. The van der Waals surface area contributed by atoms with Crippen LogP contribution in [-0.2, 0) is 14.8 Å². The molecule has 0 saturated carbocycles. The van der Waals surface area contributed by atoms with Crippen LogP contribution in [0.1, 0.15) is 15.9 Å². The molecule has 1 amide bonds. The quantitative estimate of drug-likeness (QED) is 0.354. The minimum atomic E-state index is -4.15. The van der Waals surface area contributed by atoms with E-state index in [4.69, 9.17) is 23.2 Å². The average Bonchev–Trinajstić information content (AvgIpc) is 2.77. The second kappa shape index (κ2) is 10.5. The van der Waals surface area contributed by atoms with Gasteiger partial charge in [-0.2, -0.15) is 5.10 Å². The van der Waals surface area contributed by atoms with Crippen LogP contribution in [-0.4, -0.2) is 38.2 Å². The molecule has 8 nitrogen and oxygen atoms in total. The van der Waals surface area contributed by atoms with Crippen LogP contribution in [0.15, 0.2) is 82.8 Å². The molecule has 11 heteroatoms. The Hall–Kier alpha value is -3.40. The number of anilines is 1. The normalized spacial score (nSPS) is 11.3. The number of carboxylic acid groups (broad SMARTS) is 1. The molecule has 0 radical (unpaired) electrons. The van der Waals surface area contributed by atoms with Gasteiger partial charge in [0.15, 0.2) is 0 Å². The second-order valence-corrected chi connectivity index (χ2v) is 9.37. The van der Waals surface area contributed by atoms with Gasteiger partial charge in [-0.1, -0.05) is 59.6 Å². The zero-order valence-electron chi connectivity index (χ0n) is 16.9. The number of carbonyl (C=O) groups excluding carboxylic acids is 1. The van der Waals surface area contributed by atoms with E-state index in [1.165, 1.54) is 42.5 Å². The van der Waals surface area contributed by atoms with Gasteiger partial charge in [-0.05, 0) is 36.4 Å². The van der Waals surface area contributed by atoms with Crippen LogP contribution < -0.4 is 9.73 Å². The highest BCUT2D eigenvalue weighted by molar-refractivity contribution is 7.92. The van der Waals surface area contributed by atoms with Gasteiger partial charge in [0.1, 0.15) is 6.54 Å². The lowest BCUT2D eigenvalue weighted by molar-refractivity contribution is -0.119. The molecule has 3 rings (SSSR count). The molecule has 2 N–H and O–H groups in total. The molecule has 0 heterocycles. The largest absolute Gasteiger partial charge is 0.478 e. The Morgan fingerprint density at radius 1 is 0.970 bits per heavy atom. The first kappa shape index (κ1) is 24.2. The van der Waals surface area contributed by atoms with Crippen molar-refractivity contribution in [3.05, 3.63) is 94.0 Å². The summed E-state index contributed by atoms with van der Waals surface area (Å²) in [4.78, 5) is 23.8. The number of sulfonamides is 1. The molecule has 3 aromatic rings. The summed E-state index contributed by atoms with van der Waals surface area (Å²) in [5.74, 6) is -1.92. The summed E-state index contributed by atoms with van der Waals surface area (Å²) < 4.78 is 27.4. The van der Waals surface area contributed by atoms with Crippen LogP contribution in [0.4, 0.5) is 5.69 Å². The Morgan fingerprint density at radius 3 is 2.21 bits per heavy atom. The zero-order chi connectivity index (χ0) is 24.0. The first-order valence-electron chi connectivity index (χ1n) is 9.36. The van der Waals surface area contributed by atoms with Gasteiger partial charge >= 0.3 is 5.97 Å². The van der Waals surface area contributed by atoms with Gasteiger partial charge in [0.25, 0.3) is 15.9 Å². The van der Waals surface area contributed by atoms with Crippen LogP contribution >= 0.6 is 23.2 Å². The first-order chi connectivity index (χ1) is 15.7. The lowest BCUT2D eigenvalue weighted by atomic mass is 10.1. The highest BCUT2D eigenvalue weighted by Crippen LogP contribution is 2.29. The second-order valence-electron chi connectivity index (χ2n) is 6.64. The minimum absolute atomic E-state index is 0.00245. The van der Waals surface area contributed by atoms with Crippen LogP contribution in [0.25, 0.3) is 0 Å². The van der Waals surface area contributed by atoms with E-state index in [1.807, 2.05) is 0 Å². The van der Waals surface area contributed by atoms with Gasteiger partial charge in [0.2, 0.25) is 0 Å². The van der Waals surface area contributed by atoms with Crippen molar-refractivity contribution in [1.29, 1.82) is 0 Å². The predicted molar refractivity (Wildman–Crippen MR) is 127 cm³/mol. The van der Waals surface area contributed by atoms with Gasteiger partial charge in [-0.15, -0.1) is 0 Å². The number of amides is 1. The maximum absolute atomic E-state index is 13.3. The third-order valence-corrected chi connectivity index (χ3v) is 6.56. The van der Waals surface area contributed by atoms with Crippen molar-refractivity contribution < 1.29 is 23.1 Å². The molecule has 0 saturated heterocycles. The molecule has 0 spiro atoms. The summed E-state index contributed by atoms with van der Waals surface area (Å²) >= 11 is 12.1. The number of hydrogen-bond acceptors (Lipinski definition) is 5. The van der Waals surface area contributed by atoms with Crippen molar-refractivity contribution in [2.75, 3.05) is 10.8 Å². The number of nitrogens with one attached hydrogen (secondary N) is 1. The lowest BCUT2D eigenvalue weighted by Crippen LogP contribution is -2.39. The van der Waals surface area contributed by atoms with Gasteiger partial charge < -0.3 is 5.11 Å². The van der Waals surface area contributed by atoms with E-state index < -0.39 is 28.4 Å². The molecule has 0 aliphatic carbocycles. The van der Waals surface area contributed by atoms with Gasteiger partial charge in [-0.25, -0.2) is 18.6 Å². The Bertz CT molecular complexity index is 1290. The Balaban J connectivity index is 1.88. The van der Waals surface area contributed by atoms with Gasteiger partial charge in [0, 0.05) is 15.6 Å². The molecule has 0 fully saturated rings. The maximum Gasteiger partial charge on any atom is 0.336 e. The fraction of sp³-hybridized carbons (Fsp3) is 0.0455. The van der Waals surface area contributed by atoms with Crippen LogP contribution in [0.3, 0.4) is 0 Å². The first-order valence-corrected chi connectivity index (χ1v) is 11.6. The summed E-state index contributed by atoms with van der Waals surface area (Å²) in [5.41, 5.74) is 2.57. The molecule has 0 bridgehead atoms. The van der Waals surface area contributed by atoms with Crippen LogP contribution in [0.2, 0.25) is 10.0 Å². The summed E-state index contributed by atoms with van der Waals surface area (Å²) in [6.45, 7) is -0.633. The standard InChI is InChI=1S/C22H17Cl2N3O5S/c23-16-10-17(24)12-18(11-16)27(33(31,32)19-7-2-1-3-8-19)14-21(28)26-25-13-15-6-4-5-9-20(15)22(29)30/h1-13H,14H2,(H,26,28)(H,29,30)/b25-13-. The smallest absolute Gasteiger partial charge is 0.336 e. The Labute approximate surface area is 200 Å². The summed E-state index contributed by atoms with van der Waals surface area (Å²) in [6.07, 6.45) is 1.16. The third-order valence-electron chi connectivity index (χ3n) is 4.34. The number of benzene rings is 3. The minimum Gasteiger partial charge on any atom is -0.478 e. The molecule has 33 heavy (non-hydrogen) atoms. The molecule has 0 aromatic heterocycles. The molecular weight excluding hydrogens is 489 g/mol. The van der Waals surface area contributed by atoms with E-state index in [0.717, 1.165) is 10.5 Å². The maximum atomic E-state index is 13.3. The molecule has 0 unspecified atom stereocenters. The van der Waals surface area contributed by atoms with E-state index >= 15 is 0 Å². The van der Waals surface area contributed by atoms with E-state index in [0.29, 0.717) is 0 Å². The molecule has 0 aliphatic heterocycles. The molecule has 0 atom stereocenters. The van der Waals surface area contributed by atoms with Gasteiger partial charge in [0.05, 0.1) is 22.4 Å². The number of aromatic carboxylic acids is 1. The van der Waals surface area contributed by atoms with Crippen molar-refractivity contribution in [1.82, 2.24) is 5.43 Å². The van der Waals surface area contributed by atoms with E-state index in [-0.39, 0.29) is 31.8 Å². The van der Waals surface area contributed by atoms with Crippen molar-refractivity contribution in [3.8, 4) is 0 Å². The fourth-order valence-electron chi connectivity index (χ4n) is 2.86.